The van der Waals surface area contributed by atoms with E-state index in [1.807, 2.05) is 48.3 Å². The number of aromatic hydroxyl groups is 1. The minimum atomic E-state index is -0.229. The number of aryl methyl sites for hydroxylation is 1. The molecule has 3 heterocycles. The fourth-order valence-corrected chi connectivity index (χ4v) is 5.19. The molecule has 0 aliphatic heterocycles. The van der Waals surface area contributed by atoms with Crippen LogP contribution in [0.3, 0.4) is 0 Å². The minimum absolute atomic E-state index is 0.0877. The summed E-state index contributed by atoms with van der Waals surface area (Å²) in [5, 5.41) is 11.6. The second kappa shape index (κ2) is 9.88. The number of hydrogen-bond acceptors (Lipinski definition) is 4. The fourth-order valence-electron chi connectivity index (χ4n) is 5.19. The Balaban J connectivity index is 1.77. The van der Waals surface area contributed by atoms with Gasteiger partial charge in [-0.3, -0.25) is 4.98 Å². The lowest BCUT2D eigenvalue weighted by Crippen LogP contribution is -2.17. The summed E-state index contributed by atoms with van der Waals surface area (Å²) in [6.45, 7) is 17.4. The summed E-state index contributed by atoms with van der Waals surface area (Å²) in [6.07, 6.45) is 3.67. The number of phenols is 1. The molecule has 0 fully saturated rings. The summed E-state index contributed by atoms with van der Waals surface area (Å²) in [4.78, 5) is 14.5. The Bertz CT molecular complexity index is 1700. The zero-order valence-electron chi connectivity index (χ0n) is 25.2. The van der Waals surface area contributed by atoms with Crippen LogP contribution in [0.2, 0.25) is 0 Å². The Kier molecular flexibility index (Phi) is 6.81. The molecule has 40 heavy (non-hydrogen) atoms. The third-order valence-corrected chi connectivity index (χ3v) is 7.68. The maximum Gasteiger partial charge on any atom is 0.160 e. The summed E-state index contributed by atoms with van der Waals surface area (Å²) >= 11 is 0. The number of pyridine rings is 2. The van der Waals surface area contributed by atoms with Crippen LogP contribution in [0, 0.1) is 0 Å². The van der Waals surface area contributed by atoms with Gasteiger partial charge in [0.25, 0.3) is 0 Å². The molecule has 206 valence electrons. The normalized spacial score (nSPS) is 12.4. The van der Waals surface area contributed by atoms with Gasteiger partial charge in [0.15, 0.2) is 5.65 Å². The van der Waals surface area contributed by atoms with E-state index in [0.717, 1.165) is 50.2 Å². The largest absolute Gasteiger partial charge is 0.507 e. The van der Waals surface area contributed by atoms with E-state index in [9.17, 15) is 5.11 Å². The van der Waals surface area contributed by atoms with Crippen molar-refractivity contribution in [3.8, 4) is 39.5 Å². The first-order valence-corrected chi connectivity index (χ1v) is 14.0. The van der Waals surface area contributed by atoms with Crippen LogP contribution in [-0.2, 0) is 17.9 Å². The Labute approximate surface area is 238 Å². The molecule has 5 heteroatoms. The number of imidazole rings is 1. The number of aromatic nitrogens is 4. The number of nitrogens with zero attached hydrogens (tertiary/aromatic N) is 4. The highest BCUT2D eigenvalue weighted by Gasteiger charge is 2.27. The van der Waals surface area contributed by atoms with Crippen LogP contribution in [-0.4, -0.2) is 24.6 Å². The third kappa shape index (κ3) is 5.01. The van der Waals surface area contributed by atoms with E-state index in [-0.39, 0.29) is 16.6 Å². The molecule has 0 bridgehead atoms. The Morgan fingerprint density at radius 1 is 0.775 bits per heavy atom. The lowest BCUT2D eigenvalue weighted by atomic mass is 9.79. The topological polar surface area (TPSA) is 63.8 Å². The van der Waals surface area contributed by atoms with Crippen LogP contribution in [0.15, 0.2) is 67.0 Å². The fraction of sp³-hybridized carbons (Fsp3) is 0.343. The molecule has 0 spiro atoms. The third-order valence-electron chi connectivity index (χ3n) is 7.68. The quantitative estimate of drug-likeness (QED) is 0.251. The van der Waals surface area contributed by atoms with Gasteiger partial charge in [-0.25, -0.2) is 9.97 Å². The van der Waals surface area contributed by atoms with E-state index in [1.165, 1.54) is 5.56 Å². The zero-order chi connectivity index (χ0) is 29.0. The molecular formula is C35H40N4O. The molecule has 5 rings (SSSR count). The number of rotatable bonds is 4. The van der Waals surface area contributed by atoms with Crippen LogP contribution in [0.4, 0.5) is 0 Å². The van der Waals surface area contributed by atoms with Gasteiger partial charge >= 0.3 is 0 Å². The average Bonchev–Trinajstić information content (AvgIpc) is 3.24. The molecule has 0 aliphatic carbocycles. The van der Waals surface area contributed by atoms with Crippen LogP contribution in [0.25, 0.3) is 44.9 Å². The molecule has 0 radical (unpaired) electrons. The van der Waals surface area contributed by atoms with Crippen molar-refractivity contribution in [2.75, 3.05) is 0 Å². The van der Waals surface area contributed by atoms with E-state index >= 15 is 0 Å². The van der Waals surface area contributed by atoms with Crippen molar-refractivity contribution >= 4 is 11.2 Å². The van der Waals surface area contributed by atoms with Crippen molar-refractivity contribution in [1.29, 1.82) is 0 Å². The Morgan fingerprint density at radius 3 is 2.12 bits per heavy atom. The van der Waals surface area contributed by atoms with Crippen molar-refractivity contribution in [3.63, 3.8) is 0 Å². The molecule has 0 saturated carbocycles. The highest BCUT2D eigenvalue weighted by molar-refractivity contribution is 5.93. The number of fused-ring (bicyclic) bond motifs is 1. The van der Waals surface area contributed by atoms with E-state index < -0.39 is 0 Å². The summed E-state index contributed by atoms with van der Waals surface area (Å²) in [5.74, 6) is 1.33. The molecule has 5 nitrogen and oxygen atoms in total. The SMILES string of the molecule is CC(C)c1cc(-c2ccccn2)cc(-c2ccnc3c2nc(-c2cc(C(C)(C)C)cc(C(C)(C)C)c2O)n3C)c1. The van der Waals surface area contributed by atoms with Crippen molar-refractivity contribution in [2.45, 2.75) is 72.1 Å². The molecule has 1 N–H and O–H groups in total. The molecule has 0 aliphatic rings. The highest BCUT2D eigenvalue weighted by atomic mass is 16.3. The summed E-state index contributed by atoms with van der Waals surface area (Å²) in [7, 11) is 1.98. The van der Waals surface area contributed by atoms with Gasteiger partial charge in [-0.2, -0.15) is 0 Å². The Morgan fingerprint density at radius 2 is 1.50 bits per heavy atom. The highest BCUT2D eigenvalue weighted by Crippen LogP contribution is 2.43. The molecule has 0 saturated heterocycles. The maximum atomic E-state index is 11.6. The monoisotopic (exact) mass is 532 g/mol. The van der Waals surface area contributed by atoms with Crippen molar-refractivity contribution in [3.05, 3.63) is 83.7 Å². The average molecular weight is 533 g/mol. The first-order valence-electron chi connectivity index (χ1n) is 14.0. The predicted molar refractivity (Wildman–Crippen MR) is 166 cm³/mol. The van der Waals surface area contributed by atoms with E-state index in [0.29, 0.717) is 11.7 Å². The molecule has 2 aromatic carbocycles. The summed E-state index contributed by atoms with van der Waals surface area (Å²) in [5.41, 5.74) is 9.42. The van der Waals surface area contributed by atoms with Crippen LogP contribution in [0.5, 0.6) is 5.75 Å². The smallest absolute Gasteiger partial charge is 0.160 e. The maximum absolute atomic E-state index is 11.6. The second-order valence-electron chi connectivity index (χ2n) is 13.2. The molecule has 0 amide bonds. The first kappa shape index (κ1) is 27.6. The van der Waals surface area contributed by atoms with Crippen LogP contribution >= 0.6 is 0 Å². The van der Waals surface area contributed by atoms with Crippen molar-refractivity contribution in [1.82, 2.24) is 19.5 Å². The van der Waals surface area contributed by atoms with Gasteiger partial charge in [0.2, 0.25) is 0 Å². The molecule has 0 atom stereocenters. The molecule has 3 aromatic heterocycles. The van der Waals surface area contributed by atoms with Gasteiger partial charge in [0.05, 0.1) is 11.3 Å². The number of phenolic OH excluding ortho intramolecular Hbond substituents is 1. The van der Waals surface area contributed by atoms with Gasteiger partial charge < -0.3 is 9.67 Å². The van der Waals surface area contributed by atoms with E-state index in [1.54, 1.807) is 0 Å². The van der Waals surface area contributed by atoms with Crippen molar-refractivity contribution < 1.29 is 5.11 Å². The molecule has 5 aromatic rings. The number of benzene rings is 2. The zero-order valence-corrected chi connectivity index (χ0v) is 25.2. The van der Waals surface area contributed by atoms with Gasteiger partial charge in [0, 0.05) is 36.1 Å². The lowest BCUT2D eigenvalue weighted by Gasteiger charge is -2.27. The first-order chi connectivity index (χ1) is 18.8. The van der Waals surface area contributed by atoms with Gasteiger partial charge in [-0.05, 0) is 69.8 Å². The second-order valence-corrected chi connectivity index (χ2v) is 13.2. The van der Waals surface area contributed by atoms with Gasteiger partial charge in [-0.15, -0.1) is 0 Å². The summed E-state index contributed by atoms with van der Waals surface area (Å²) in [6, 6.07) is 18.9. The number of hydrogen-bond donors (Lipinski definition) is 1. The predicted octanol–water partition coefficient (Wildman–Crippen LogP) is 8.79. The summed E-state index contributed by atoms with van der Waals surface area (Å²) < 4.78 is 2.00. The van der Waals surface area contributed by atoms with Crippen LogP contribution < -0.4 is 0 Å². The minimum Gasteiger partial charge on any atom is -0.507 e. The van der Waals surface area contributed by atoms with E-state index in [2.05, 4.69) is 90.7 Å². The van der Waals surface area contributed by atoms with Gasteiger partial charge in [0.1, 0.15) is 17.1 Å². The lowest BCUT2D eigenvalue weighted by molar-refractivity contribution is 0.446. The Hall–Kier alpha value is -3.99. The van der Waals surface area contributed by atoms with Crippen molar-refractivity contribution in [2.24, 2.45) is 7.05 Å². The van der Waals surface area contributed by atoms with Gasteiger partial charge in [-0.1, -0.05) is 73.6 Å². The molecular weight excluding hydrogens is 492 g/mol. The molecule has 0 unspecified atom stereocenters. The van der Waals surface area contributed by atoms with Crippen LogP contribution in [0.1, 0.15) is 78.0 Å². The standard InChI is InChI=1S/C35H40N4O/c1-21(2)22-16-23(18-24(17-22)29-12-10-11-14-36-29)26-13-15-37-33-30(26)38-32(39(33)9)27-19-25(34(3,4)5)20-28(31(27)40)35(6,7)8/h10-21,40H,1-9H3. The van der Waals surface area contributed by atoms with E-state index in [4.69, 9.17) is 9.97 Å².